The van der Waals surface area contributed by atoms with Crippen LogP contribution in [0.5, 0.6) is 5.75 Å². The molecule has 0 amide bonds. The van der Waals surface area contributed by atoms with Crippen LogP contribution in [0.2, 0.25) is 0 Å². The standard InChI is InChI=1S/C15H9F3N4O/c1-23-11-4-2-3-9(5-11)12-6-13(15(16,17)18)22-14(21-12)10(7-19)8-20-22/h2-6,8H,1H3. The van der Waals surface area contributed by atoms with Gasteiger partial charge in [-0.3, -0.25) is 0 Å². The molecule has 0 saturated carbocycles. The number of hydrogen-bond acceptors (Lipinski definition) is 4. The molecular weight excluding hydrogens is 309 g/mol. The second-order valence-electron chi connectivity index (χ2n) is 4.66. The Morgan fingerprint density at radius 1 is 1.26 bits per heavy atom. The minimum Gasteiger partial charge on any atom is -0.497 e. The van der Waals surface area contributed by atoms with Crippen molar-refractivity contribution in [2.45, 2.75) is 6.18 Å². The van der Waals surface area contributed by atoms with Crippen LogP contribution >= 0.6 is 0 Å². The minimum atomic E-state index is -4.63. The van der Waals surface area contributed by atoms with Gasteiger partial charge in [0, 0.05) is 5.56 Å². The number of benzene rings is 1. The van der Waals surface area contributed by atoms with Gasteiger partial charge in [0.1, 0.15) is 17.4 Å². The predicted molar refractivity (Wildman–Crippen MR) is 74.7 cm³/mol. The second-order valence-corrected chi connectivity index (χ2v) is 4.66. The summed E-state index contributed by atoms with van der Waals surface area (Å²) in [5.74, 6) is 0.492. The van der Waals surface area contributed by atoms with Crippen LogP contribution in [-0.4, -0.2) is 21.7 Å². The molecule has 0 N–H and O–H groups in total. The molecule has 8 heteroatoms. The lowest BCUT2D eigenvalue weighted by Crippen LogP contribution is -2.13. The molecule has 116 valence electrons. The summed E-state index contributed by atoms with van der Waals surface area (Å²) in [6.07, 6.45) is -3.57. The van der Waals surface area contributed by atoms with Crippen molar-refractivity contribution in [2.24, 2.45) is 0 Å². The first kappa shape index (κ1) is 14.8. The molecule has 23 heavy (non-hydrogen) atoms. The normalized spacial score (nSPS) is 11.4. The fourth-order valence-electron chi connectivity index (χ4n) is 2.17. The summed E-state index contributed by atoms with van der Waals surface area (Å²) in [4.78, 5) is 4.15. The third-order valence-corrected chi connectivity index (χ3v) is 3.25. The molecule has 0 aliphatic rings. The second kappa shape index (κ2) is 5.28. The van der Waals surface area contributed by atoms with Gasteiger partial charge >= 0.3 is 6.18 Å². The Bertz CT molecular complexity index is 925. The highest BCUT2D eigenvalue weighted by Crippen LogP contribution is 2.33. The number of rotatable bonds is 2. The van der Waals surface area contributed by atoms with Gasteiger partial charge in [-0.05, 0) is 18.2 Å². The summed E-state index contributed by atoms with van der Waals surface area (Å²) in [5.41, 5.74) is -0.634. The largest absolute Gasteiger partial charge is 0.497 e. The first-order valence-corrected chi connectivity index (χ1v) is 6.44. The first-order chi connectivity index (χ1) is 10.9. The molecule has 0 unspecified atom stereocenters. The van der Waals surface area contributed by atoms with E-state index in [1.165, 1.54) is 7.11 Å². The van der Waals surface area contributed by atoms with Crippen molar-refractivity contribution in [3.63, 3.8) is 0 Å². The topological polar surface area (TPSA) is 63.2 Å². The molecule has 2 aromatic heterocycles. The highest BCUT2D eigenvalue weighted by molar-refractivity contribution is 5.66. The van der Waals surface area contributed by atoms with Crippen LogP contribution in [0.3, 0.4) is 0 Å². The first-order valence-electron chi connectivity index (χ1n) is 6.44. The number of methoxy groups -OCH3 is 1. The van der Waals surface area contributed by atoms with E-state index in [9.17, 15) is 13.2 Å². The van der Waals surface area contributed by atoms with E-state index in [4.69, 9.17) is 10.00 Å². The lowest BCUT2D eigenvalue weighted by molar-refractivity contribution is -0.142. The van der Waals surface area contributed by atoms with Crippen molar-refractivity contribution in [2.75, 3.05) is 7.11 Å². The van der Waals surface area contributed by atoms with Crippen LogP contribution in [-0.2, 0) is 6.18 Å². The average Bonchev–Trinajstić information content (AvgIpc) is 2.96. The molecule has 0 atom stereocenters. The van der Waals surface area contributed by atoms with Gasteiger partial charge in [-0.2, -0.15) is 23.5 Å². The number of nitrogens with zero attached hydrogens (tertiary/aromatic N) is 4. The van der Waals surface area contributed by atoms with Gasteiger partial charge in [-0.1, -0.05) is 12.1 Å². The minimum absolute atomic E-state index is 0.0275. The molecule has 5 nitrogen and oxygen atoms in total. The van der Waals surface area contributed by atoms with Crippen LogP contribution in [0.4, 0.5) is 13.2 Å². The highest BCUT2D eigenvalue weighted by Gasteiger charge is 2.35. The molecule has 0 fully saturated rings. The van der Waals surface area contributed by atoms with Gasteiger partial charge in [-0.15, -0.1) is 0 Å². The maximum atomic E-state index is 13.3. The lowest BCUT2D eigenvalue weighted by Gasteiger charge is -2.11. The smallest absolute Gasteiger partial charge is 0.433 e. The maximum Gasteiger partial charge on any atom is 0.433 e. The van der Waals surface area contributed by atoms with Crippen molar-refractivity contribution in [3.05, 3.63) is 47.8 Å². The van der Waals surface area contributed by atoms with E-state index in [1.54, 1.807) is 30.3 Å². The lowest BCUT2D eigenvalue weighted by atomic mass is 10.1. The molecule has 0 aliphatic carbocycles. The zero-order valence-electron chi connectivity index (χ0n) is 11.8. The molecule has 1 aromatic carbocycles. The Hall–Kier alpha value is -3.08. The number of fused-ring (bicyclic) bond motifs is 1. The van der Waals surface area contributed by atoms with Crippen molar-refractivity contribution < 1.29 is 17.9 Å². The Labute approximate surface area is 128 Å². The van der Waals surface area contributed by atoms with E-state index in [1.807, 2.05) is 0 Å². The van der Waals surface area contributed by atoms with E-state index in [0.29, 0.717) is 15.8 Å². The van der Waals surface area contributed by atoms with Crippen LogP contribution in [0.1, 0.15) is 11.3 Å². The number of alkyl halides is 3. The summed E-state index contributed by atoms with van der Waals surface area (Å²) < 4.78 is 45.5. The molecule has 2 heterocycles. The van der Waals surface area contributed by atoms with Crippen LogP contribution in [0, 0.1) is 11.3 Å². The summed E-state index contributed by atoms with van der Waals surface area (Å²) in [6.45, 7) is 0. The van der Waals surface area contributed by atoms with Crippen molar-refractivity contribution in [1.82, 2.24) is 14.6 Å². The van der Waals surface area contributed by atoms with Gasteiger partial charge in [0.25, 0.3) is 0 Å². The van der Waals surface area contributed by atoms with Gasteiger partial charge in [0.2, 0.25) is 0 Å². The Morgan fingerprint density at radius 2 is 2.04 bits per heavy atom. The Balaban J connectivity index is 2.31. The Kier molecular flexibility index (Phi) is 3.41. The molecule has 0 spiro atoms. The third kappa shape index (κ3) is 2.57. The molecule has 0 bridgehead atoms. The molecule has 0 radical (unpaired) electrons. The number of ether oxygens (including phenoxy) is 1. The van der Waals surface area contributed by atoms with Crippen molar-refractivity contribution in [3.8, 4) is 23.1 Å². The van der Waals surface area contributed by atoms with Crippen LogP contribution < -0.4 is 4.74 Å². The molecule has 0 saturated heterocycles. The zero-order valence-corrected chi connectivity index (χ0v) is 11.8. The quantitative estimate of drug-likeness (QED) is 0.727. The highest BCUT2D eigenvalue weighted by atomic mass is 19.4. The van der Waals surface area contributed by atoms with Crippen LogP contribution in [0.15, 0.2) is 36.5 Å². The fraction of sp³-hybridized carbons (Fsp3) is 0.133. The summed E-state index contributed by atoms with van der Waals surface area (Å²) in [6, 6.07) is 9.20. The SMILES string of the molecule is COc1cccc(-c2cc(C(F)(F)F)n3ncc(C#N)c3n2)c1. The Morgan fingerprint density at radius 3 is 2.70 bits per heavy atom. The van der Waals surface area contributed by atoms with E-state index in [2.05, 4.69) is 10.1 Å². The molecular formula is C15H9F3N4O. The van der Waals surface area contributed by atoms with Crippen LogP contribution in [0.25, 0.3) is 16.9 Å². The van der Waals surface area contributed by atoms with E-state index in [0.717, 1.165) is 12.3 Å². The number of hydrogen-bond donors (Lipinski definition) is 0. The fourth-order valence-corrected chi connectivity index (χ4v) is 2.17. The number of halogens is 3. The van der Waals surface area contributed by atoms with Gasteiger partial charge in [0.05, 0.1) is 19.0 Å². The number of nitriles is 1. The summed E-state index contributed by atoms with van der Waals surface area (Å²) in [5, 5.41) is 12.6. The molecule has 3 rings (SSSR count). The molecule has 3 aromatic rings. The van der Waals surface area contributed by atoms with E-state index < -0.39 is 11.9 Å². The van der Waals surface area contributed by atoms with Crippen molar-refractivity contribution >= 4 is 5.65 Å². The summed E-state index contributed by atoms with van der Waals surface area (Å²) in [7, 11) is 1.46. The predicted octanol–water partition coefficient (Wildman–Crippen LogP) is 3.30. The van der Waals surface area contributed by atoms with Gasteiger partial charge < -0.3 is 4.74 Å². The van der Waals surface area contributed by atoms with Gasteiger partial charge in [0.15, 0.2) is 11.3 Å². The zero-order chi connectivity index (χ0) is 16.6. The van der Waals surface area contributed by atoms with Crippen molar-refractivity contribution in [1.29, 1.82) is 5.26 Å². The third-order valence-electron chi connectivity index (χ3n) is 3.25. The number of aromatic nitrogens is 3. The monoisotopic (exact) mass is 318 g/mol. The average molecular weight is 318 g/mol. The summed E-state index contributed by atoms with van der Waals surface area (Å²) >= 11 is 0. The van der Waals surface area contributed by atoms with E-state index in [-0.39, 0.29) is 16.9 Å². The maximum absolute atomic E-state index is 13.3. The molecule has 0 aliphatic heterocycles. The van der Waals surface area contributed by atoms with Gasteiger partial charge in [-0.25, -0.2) is 9.50 Å². The van der Waals surface area contributed by atoms with E-state index >= 15 is 0 Å².